The third-order valence-electron chi connectivity index (χ3n) is 5.18. The second kappa shape index (κ2) is 11.0. The van der Waals surface area contributed by atoms with E-state index in [1.165, 1.54) is 0 Å². The second-order valence-corrected chi connectivity index (χ2v) is 7.31. The molecule has 3 rings (SSSR count). The van der Waals surface area contributed by atoms with Crippen LogP contribution in [0.5, 0.6) is 0 Å². The van der Waals surface area contributed by atoms with E-state index in [2.05, 4.69) is 5.32 Å². The minimum absolute atomic E-state index is 0.0211. The molecular weight excluding hydrogens is 372 g/mol. The van der Waals surface area contributed by atoms with E-state index >= 15 is 0 Å². The van der Waals surface area contributed by atoms with E-state index in [0.717, 1.165) is 16.7 Å². The van der Waals surface area contributed by atoms with Crippen LogP contribution in [-0.2, 0) is 29.0 Å². The van der Waals surface area contributed by atoms with Crippen molar-refractivity contribution in [3.05, 3.63) is 108 Å². The van der Waals surface area contributed by atoms with Crippen LogP contribution in [-0.4, -0.2) is 29.8 Å². The lowest BCUT2D eigenvalue weighted by molar-refractivity contribution is -0.141. The number of rotatable bonds is 9. The number of likely N-dealkylation sites (N-methyl/N-ethyl adjacent to an activating group) is 1. The zero-order chi connectivity index (χ0) is 21.2. The highest BCUT2D eigenvalue weighted by Crippen LogP contribution is 2.16. The van der Waals surface area contributed by atoms with E-state index < -0.39 is 6.04 Å². The van der Waals surface area contributed by atoms with Crippen LogP contribution in [0.25, 0.3) is 0 Å². The number of nitrogens with zero attached hydrogens (tertiary/aromatic N) is 1. The summed E-state index contributed by atoms with van der Waals surface area (Å²) in [6.45, 7) is 0.402. The molecule has 1 N–H and O–H groups in total. The molecule has 0 fully saturated rings. The number of carbonyl (C=O) groups is 2. The average molecular weight is 401 g/mol. The molecule has 4 nitrogen and oxygen atoms in total. The Morgan fingerprint density at radius 3 is 1.80 bits per heavy atom. The highest BCUT2D eigenvalue weighted by atomic mass is 16.2. The van der Waals surface area contributed by atoms with Gasteiger partial charge >= 0.3 is 0 Å². The van der Waals surface area contributed by atoms with Gasteiger partial charge in [0.25, 0.3) is 0 Å². The van der Waals surface area contributed by atoms with Crippen LogP contribution in [0, 0.1) is 0 Å². The summed E-state index contributed by atoms with van der Waals surface area (Å²) in [6.07, 6.45) is 1.49. The first-order valence-corrected chi connectivity index (χ1v) is 10.3. The van der Waals surface area contributed by atoms with E-state index in [4.69, 9.17) is 0 Å². The molecular formula is C26H28N2O2. The van der Waals surface area contributed by atoms with Crippen LogP contribution in [0.15, 0.2) is 91.0 Å². The Bertz CT molecular complexity index is 927. The first kappa shape index (κ1) is 21.3. The molecule has 0 aromatic heterocycles. The van der Waals surface area contributed by atoms with Crippen molar-refractivity contribution in [1.82, 2.24) is 10.2 Å². The molecule has 0 unspecified atom stereocenters. The normalized spacial score (nSPS) is 11.5. The Labute approximate surface area is 178 Å². The van der Waals surface area contributed by atoms with Crippen LogP contribution in [0.3, 0.4) is 0 Å². The summed E-state index contributed by atoms with van der Waals surface area (Å²) in [5.41, 5.74) is 3.15. The standard InChI is InChI=1S/C26H28N2O2/c1-27-26(30)24(19-22-13-7-3-8-14-22)28(20-23-15-9-4-10-16-23)25(29)18-17-21-11-5-2-6-12-21/h2-16,24H,17-20H2,1H3,(H,27,30)/t24-/m1/s1. The zero-order valence-electron chi connectivity index (χ0n) is 17.3. The molecule has 0 aliphatic rings. The van der Waals surface area contributed by atoms with Crippen molar-refractivity contribution in [2.24, 2.45) is 0 Å². The van der Waals surface area contributed by atoms with Gasteiger partial charge in [-0.05, 0) is 23.1 Å². The van der Waals surface area contributed by atoms with Crippen molar-refractivity contribution in [1.29, 1.82) is 0 Å². The quantitative estimate of drug-likeness (QED) is 0.590. The van der Waals surface area contributed by atoms with Crippen LogP contribution in [0.2, 0.25) is 0 Å². The van der Waals surface area contributed by atoms with Gasteiger partial charge in [0, 0.05) is 26.4 Å². The fraction of sp³-hybridized carbons (Fsp3) is 0.231. The zero-order valence-corrected chi connectivity index (χ0v) is 17.3. The van der Waals surface area contributed by atoms with Crippen LogP contribution in [0.4, 0.5) is 0 Å². The maximum atomic E-state index is 13.3. The number of hydrogen-bond acceptors (Lipinski definition) is 2. The van der Waals surface area contributed by atoms with E-state index in [1.54, 1.807) is 11.9 Å². The van der Waals surface area contributed by atoms with Gasteiger partial charge in [0.2, 0.25) is 11.8 Å². The van der Waals surface area contributed by atoms with E-state index in [-0.39, 0.29) is 11.8 Å². The van der Waals surface area contributed by atoms with Crippen molar-refractivity contribution < 1.29 is 9.59 Å². The maximum Gasteiger partial charge on any atom is 0.242 e. The number of carbonyl (C=O) groups excluding carboxylic acids is 2. The molecule has 0 heterocycles. The lowest BCUT2D eigenvalue weighted by Crippen LogP contribution is -2.49. The highest BCUT2D eigenvalue weighted by Gasteiger charge is 2.29. The Kier molecular flexibility index (Phi) is 7.78. The summed E-state index contributed by atoms with van der Waals surface area (Å²) in [5.74, 6) is -0.171. The Hall–Kier alpha value is -3.40. The number of hydrogen-bond donors (Lipinski definition) is 1. The Morgan fingerprint density at radius 1 is 0.767 bits per heavy atom. The van der Waals surface area contributed by atoms with Gasteiger partial charge in [0.05, 0.1) is 0 Å². The summed E-state index contributed by atoms with van der Waals surface area (Å²) >= 11 is 0. The predicted molar refractivity (Wildman–Crippen MR) is 120 cm³/mol. The van der Waals surface area contributed by atoms with Crippen LogP contribution < -0.4 is 5.32 Å². The van der Waals surface area contributed by atoms with Crippen molar-refractivity contribution in [3.8, 4) is 0 Å². The maximum absolute atomic E-state index is 13.3. The lowest BCUT2D eigenvalue weighted by Gasteiger charge is -2.31. The minimum atomic E-state index is -0.569. The summed E-state index contributed by atoms with van der Waals surface area (Å²) in [4.78, 5) is 27.9. The smallest absolute Gasteiger partial charge is 0.242 e. The summed E-state index contributed by atoms with van der Waals surface area (Å²) < 4.78 is 0. The fourth-order valence-electron chi connectivity index (χ4n) is 3.54. The summed E-state index contributed by atoms with van der Waals surface area (Å²) in [5, 5.41) is 2.75. The van der Waals surface area contributed by atoms with E-state index in [1.807, 2.05) is 91.0 Å². The van der Waals surface area contributed by atoms with Crippen LogP contribution >= 0.6 is 0 Å². The predicted octanol–water partition coefficient (Wildman–Crippen LogP) is 4.01. The van der Waals surface area contributed by atoms with Gasteiger partial charge in [-0.2, -0.15) is 0 Å². The van der Waals surface area contributed by atoms with Gasteiger partial charge in [-0.15, -0.1) is 0 Å². The molecule has 0 saturated heterocycles. The molecule has 3 aromatic rings. The molecule has 0 radical (unpaired) electrons. The van der Waals surface area contributed by atoms with Crippen molar-refractivity contribution in [2.75, 3.05) is 7.05 Å². The Morgan fingerprint density at radius 2 is 1.27 bits per heavy atom. The second-order valence-electron chi connectivity index (χ2n) is 7.31. The fourth-order valence-corrected chi connectivity index (χ4v) is 3.54. The van der Waals surface area contributed by atoms with Gasteiger partial charge in [-0.3, -0.25) is 9.59 Å². The largest absolute Gasteiger partial charge is 0.357 e. The third-order valence-corrected chi connectivity index (χ3v) is 5.18. The van der Waals surface area contributed by atoms with Crippen molar-refractivity contribution in [2.45, 2.75) is 31.8 Å². The molecule has 0 saturated carbocycles. The molecule has 2 amide bonds. The number of aryl methyl sites for hydroxylation is 1. The van der Waals surface area contributed by atoms with Gasteiger partial charge in [0.15, 0.2) is 0 Å². The van der Waals surface area contributed by atoms with Gasteiger partial charge < -0.3 is 10.2 Å². The Balaban J connectivity index is 1.84. The number of amides is 2. The molecule has 4 heteroatoms. The molecule has 0 aliphatic heterocycles. The van der Waals surface area contributed by atoms with E-state index in [9.17, 15) is 9.59 Å². The van der Waals surface area contributed by atoms with Crippen molar-refractivity contribution >= 4 is 11.8 Å². The summed E-state index contributed by atoms with van der Waals surface area (Å²) in [6, 6.07) is 29.1. The third kappa shape index (κ3) is 6.05. The molecule has 0 spiro atoms. The first-order valence-electron chi connectivity index (χ1n) is 10.3. The van der Waals surface area contributed by atoms with Gasteiger partial charge in [0.1, 0.15) is 6.04 Å². The number of benzene rings is 3. The van der Waals surface area contributed by atoms with Gasteiger partial charge in [-0.25, -0.2) is 0 Å². The van der Waals surface area contributed by atoms with Crippen molar-refractivity contribution in [3.63, 3.8) is 0 Å². The van der Waals surface area contributed by atoms with Gasteiger partial charge in [-0.1, -0.05) is 91.0 Å². The molecule has 0 bridgehead atoms. The van der Waals surface area contributed by atoms with E-state index in [0.29, 0.717) is 25.8 Å². The highest BCUT2D eigenvalue weighted by molar-refractivity contribution is 5.88. The summed E-state index contributed by atoms with van der Waals surface area (Å²) in [7, 11) is 1.62. The molecule has 1 atom stereocenters. The number of nitrogens with one attached hydrogen (secondary N) is 1. The molecule has 0 aliphatic carbocycles. The topological polar surface area (TPSA) is 49.4 Å². The van der Waals surface area contributed by atoms with Crippen LogP contribution in [0.1, 0.15) is 23.1 Å². The molecule has 30 heavy (non-hydrogen) atoms. The minimum Gasteiger partial charge on any atom is -0.357 e. The molecule has 154 valence electrons. The molecule has 3 aromatic carbocycles. The average Bonchev–Trinajstić information content (AvgIpc) is 2.81. The SMILES string of the molecule is CNC(=O)[C@@H](Cc1ccccc1)N(Cc1ccccc1)C(=O)CCc1ccccc1. The first-order chi connectivity index (χ1) is 14.7. The monoisotopic (exact) mass is 400 g/mol. The lowest BCUT2D eigenvalue weighted by atomic mass is 10.0.